The van der Waals surface area contributed by atoms with E-state index in [1.165, 1.54) is 11.6 Å². The molecular formula is C19H25N5O. The van der Waals surface area contributed by atoms with E-state index in [1.807, 2.05) is 32.9 Å². The zero-order valence-electron chi connectivity index (χ0n) is 15.9. The highest BCUT2D eigenvalue weighted by molar-refractivity contribution is 5.82. The van der Waals surface area contributed by atoms with Crippen LogP contribution in [-0.4, -0.2) is 25.3 Å². The highest BCUT2D eigenvalue weighted by Crippen LogP contribution is 2.33. The van der Waals surface area contributed by atoms with E-state index >= 15 is 0 Å². The van der Waals surface area contributed by atoms with Gasteiger partial charge in [0.15, 0.2) is 11.5 Å². The van der Waals surface area contributed by atoms with Gasteiger partial charge in [-0.05, 0) is 37.5 Å². The van der Waals surface area contributed by atoms with E-state index in [2.05, 4.69) is 25.9 Å². The molecule has 0 aliphatic carbocycles. The standard InChI is InChI=1S/C19H25N5O/c1-10-8-11(2)17(20)12(3)16(10)18-22-23(13(4)25)15-9-14(19(5,6)7)21-24(15)18/h8-9H,20H2,1-7H3. The van der Waals surface area contributed by atoms with Gasteiger partial charge in [0.05, 0.1) is 5.69 Å². The number of aromatic nitrogens is 4. The second kappa shape index (κ2) is 5.44. The molecule has 0 bridgehead atoms. The second-order valence-corrected chi connectivity index (χ2v) is 7.73. The molecule has 2 aromatic heterocycles. The number of benzene rings is 1. The van der Waals surface area contributed by atoms with Crippen LogP contribution < -0.4 is 5.73 Å². The van der Waals surface area contributed by atoms with Crippen molar-refractivity contribution in [3.63, 3.8) is 0 Å². The van der Waals surface area contributed by atoms with Crippen molar-refractivity contribution in [2.24, 2.45) is 0 Å². The first-order chi connectivity index (χ1) is 11.5. The smallest absolute Gasteiger partial charge is 0.245 e. The zero-order valence-corrected chi connectivity index (χ0v) is 15.9. The van der Waals surface area contributed by atoms with Crippen molar-refractivity contribution in [2.75, 3.05) is 5.73 Å². The van der Waals surface area contributed by atoms with E-state index in [4.69, 9.17) is 10.8 Å². The van der Waals surface area contributed by atoms with Gasteiger partial charge in [-0.3, -0.25) is 4.79 Å². The number of hydrogen-bond donors (Lipinski definition) is 1. The number of nitrogens with zero attached hydrogens (tertiary/aromatic N) is 4. The van der Waals surface area contributed by atoms with Gasteiger partial charge in [-0.2, -0.15) is 14.3 Å². The van der Waals surface area contributed by atoms with Gasteiger partial charge in [0.1, 0.15) is 0 Å². The highest BCUT2D eigenvalue weighted by atomic mass is 16.2. The number of aryl methyl sites for hydroxylation is 2. The van der Waals surface area contributed by atoms with E-state index in [-0.39, 0.29) is 11.3 Å². The average molecular weight is 339 g/mol. The van der Waals surface area contributed by atoms with Crippen LogP contribution in [0.3, 0.4) is 0 Å². The van der Waals surface area contributed by atoms with Crippen molar-refractivity contribution >= 4 is 17.2 Å². The van der Waals surface area contributed by atoms with Gasteiger partial charge < -0.3 is 5.73 Å². The van der Waals surface area contributed by atoms with Gasteiger partial charge in [0.2, 0.25) is 5.91 Å². The number of fused-ring (bicyclic) bond motifs is 1. The number of carbonyl (C=O) groups is 1. The molecule has 3 aromatic rings. The number of anilines is 1. The van der Waals surface area contributed by atoms with Crippen molar-refractivity contribution in [3.8, 4) is 11.4 Å². The molecule has 0 spiro atoms. The summed E-state index contributed by atoms with van der Waals surface area (Å²) in [4.78, 5) is 12.1. The van der Waals surface area contributed by atoms with Gasteiger partial charge in [0.25, 0.3) is 0 Å². The van der Waals surface area contributed by atoms with Crippen LogP contribution in [0.2, 0.25) is 0 Å². The Morgan fingerprint density at radius 1 is 1.08 bits per heavy atom. The topological polar surface area (TPSA) is 78.2 Å². The molecular weight excluding hydrogens is 314 g/mol. The highest BCUT2D eigenvalue weighted by Gasteiger charge is 2.25. The lowest BCUT2D eigenvalue weighted by molar-refractivity contribution is 0.0926. The molecule has 2 heterocycles. The molecule has 0 saturated heterocycles. The summed E-state index contributed by atoms with van der Waals surface area (Å²) >= 11 is 0. The summed E-state index contributed by atoms with van der Waals surface area (Å²) in [6.07, 6.45) is 0. The third kappa shape index (κ3) is 2.62. The normalized spacial score (nSPS) is 12.1. The lowest BCUT2D eigenvalue weighted by atomic mass is 9.93. The number of nitrogen functional groups attached to an aromatic ring is 1. The van der Waals surface area contributed by atoms with Crippen molar-refractivity contribution in [2.45, 2.75) is 53.9 Å². The molecule has 0 aliphatic heterocycles. The third-order valence-electron chi connectivity index (χ3n) is 4.62. The minimum absolute atomic E-state index is 0.124. The molecule has 6 nitrogen and oxygen atoms in total. The monoisotopic (exact) mass is 339 g/mol. The maximum Gasteiger partial charge on any atom is 0.245 e. The number of nitrogens with two attached hydrogens (primary N) is 1. The predicted molar refractivity (Wildman–Crippen MR) is 100 cm³/mol. The van der Waals surface area contributed by atoms with Crippen LogP contribution >= 0.6 is 0 Å². The summed E-state index contributed by atoms with van der Waals surface area (Å²) in [5.74, 6) is 0.495. The van der Waals surface area contributed by atoms with E-state index in [0.29, 0.717) is 11.5 Å². The van der Waals surface area contributed by atoms with Crippen molar-refractivity contribution in [1.29, 1.82) is 0 Å². The zero-order chi connectivity index (χ0) is 18.7. The fourth-order valence-electron chi connectivity index (χ4n) is 3.17. The van der Waals surface area contributed by atoms with Gasteiger partial charge in [0, 0.05) is 29.7 Å². The summed E-state index contributed by atoms with van der Waals surface area (Å²) in [6, 6.07) is 3.98. The van der Waals surface area contributed by atoms with Crippen LogP contribution in [0.1, 0.15) is 54.9 Å². The first-order valence-corrected chi connectivity index (χ1v) is 8.39. The van der Waals surface area contributed by atoms with Crippen LogP contribution in [0, 0.1) is 20.8 Å². The Balaban J connectivity index is 2.40. The summed E-state index contributed by atoms with van der Waals surface area (Å²) in [5, 5.41) is 9.28. The SMILES string of the molecule is CC(=O)n1nc(-c2c(C)cc(C)c(N)c2C)n2nc(C(C)(C)C)cc12. The Kier molecular flexibility index (Phi) is 3.74. The lowest BCUT2D eigenvalue weighted by Gasteiger charge is -2.15. The van der Waals surface area contributed by atoms with Crippen LogP contribution in [-0.2, 0) is 5.41 Å². The molecule has 25 heavy (non-hydrogen) atoms. The van der Waals surface area contributed by atoms with Gasteiger partial charge in [-0.1, -0.05) is 26.8 Å². The molecule has 6 heteroatoms. The Bertz CT molecular complexity index is 1000. The Morgan fingerprint density at radius 3 is 2.28 bits per heavy atom. The molecule has 2 N–H and O–H groups in total. The van der Waals surface area contributed by atoms with Crippen molar-refractivity contribution < 1.29 is 4.79 Å². The fourth-order valence-corrected chi connectivity index (χ4v) is 3.17. The molecule has 0 atom stereocenters. The Hall–Kier alpha value is -2.63. The molecule has 0 aliphatic rings. The van der Waals surface area contributed by atoms with Crippen LogP contribution in [0.4, 0.5) is 5.69 Å². The van der Waals surface area contributed by atoms with Gasteiger partial charge in [-0.25, -0.2) is 0 Å². The lowest BCUT2D eigenvalue weighted by Crippen LogP contribution is -2.13. The number of rotatable bonds is 1. The molecule has 132 valence electrons. The molecule has 3 rings (SSSR count). The van der Waals surface area contributed by atoms with Crippen LogP contribution in [0.15, 0.2) is 12.1 Å². The second-order valence-electron chi connectivity index (χ2n) is 7.73. The van der Waals surface area contributed by atoms with Gasteiger partial charge >= 0.3 is 0 Å². The van der Waals surface area contributed by atoms with Crippen LogP contribution in [0.5, 0.6) is 0 Å². The van der Waals surface area contributed by atoms with Crippen molar-refractivity contribution in [3.05, 3.63) is 34.5 Å². The molecule has 0 fully saturated rings. The summed E-state index contributed by atoms with van der Waals surface area (Å²) in [5.41, 5.74) is 12.4. The Labute approximate surface area is 147 Å². The molecule has 0 amide bonds. The van der Waals surface area contributed by atoms with E-state index in [9.17, 15) is 4.79 Å². The number of hydrogen-bond acceptors (Lipinski definition) is 4. The van der Waals surface area contributed by atoms with Gasteiger partial charge in [-0.15, -0.1) is 5.10 Å². The van der Waals surface area contributed by atoms with E-state index < -0.39 is 0 Å². The maximum absolute atomic E-state index is 12.1. The molecule has 0 radical (unpaired) electrons. The molecule has 0 saturated carbocycles. The average Bonchev–Trinajstić information content (AvgIpc) is 3.04. The number of carbonyl (C=O) groups excluding carboxylic acids is 1. The Morgan fingerprint density at radius 2 is 1.72 bits per heavy atom. The third-order valence-corrected chi connectivity index (χ3v) is 4.62. The predicted octanol–water partition coefficient (Wildman–Crippen LogP) is 3.66. The summed E-state index contributed by atoms with van der Waals surface area (Å²) < 4.78 is 3.17. The van der Waals surface area contributed by atoms with E-state index in [0.717, 1.165) is 33.6 Å². The summed E-state index contributed by atoms with van der Waals surface area (Å²) in [6.45, 7) is 13.8. The fraction of sp³-hybridized carbons (Fsp3) is 0.421. The summed E-state index contributed by atoms with van der Waals surface area (Å²) in [7, 11) is 0. The quantitative estimate of drug-likeness (QED) is 0.686. The first-order valence-electron chi connectivity index (χ1n) is 8.39. The van der Waals surface area contributed by atoms with Crippen LogP contribution in [0.25, 0.3) is 17.0 Å². The first kappa shape index (κ1) is 17.2. The minimum atomic E-state index is -0.146. The van der Waals surface area contributed by atoms with Crippen molar-refractivity contribution in [1.82, 2.24) is 19.4 Å². The minimum Gasteiger partial charge on any atom is -0.398 e. The maximum atomic E-state index is 12.1. The largest absolute Gasteiger partial charge is 0.398 e. The molecule has 1 aromatic carbocycles. The van der Waals surface area contributed by atoms with E-state index in [1.54, 1.807) is 4.52 Å². The molecule has 0 unspecified atom stereocenters.